The fraction of sp³-hybridized carbons (Fsp3) is 0.222. The van der Waals surface area contributed by atoms with E-state index in [9.17, 15) is 4.79 Å². The molecule has 4 rings (SSSR count). The van der Waals surface area contributed by atoms with Crippen molar-refractivity contribution in [3.8, 4) is 17.2 Å². The zero-order valence-corrected chi connectivity index (χ0v) is 20.2. The number of anilines is 1. The van der Waals surface area contributed by atoms with Crippen molar-refractivity contribution >= 4 is 40.0 Å². The van der Waals surface area contributed by atoms with Crippen molar-refractivity contribution in [2.24, 2.45) is 0 Å². The second kappa shape index (κ2) is 10.5. The van der Waals surface area contributed by atoms with Crippen LogP contribution in [0.25, 0.3) is 22.6 Å². The Morgan fingerprint density at radius 2 is 1.88 bits per heavy atom. The Morgan fingerprint density at radius 1 is 1.09 bits per heavy atom. The van der Waals surface area contributed by atoms with Gasteiger partial charge < -0.3 is 14.5 Å². The molecule has 1 aromatic heterocycles. The zero-order valence-electron chi connectivity index (χ0n) is 19.4. The van der Waals surface area contributed by atoms with Crippen molar-refractivity contribution in [2.75, 3.05) is 11.9 Å². The van der Waals surface area contributed by atoms with E-state index < -0.39 is 0 Å². The number of nitrogens with one attached hydrogen (secondary N) is 2. The van der Waals surface area contributed by atoms with Crippen molar-refractivity contribution in [3.05, 3.63) is 77.9 Å². The summed E-state index contributed by atoms with van der Waals surface area (Å²) in [5.41, 5.74) is 4.86. The summed E-state index contributed by atoms with van der Waals surface area (Å²) in [5, 5.41) is 5.96. The third-order valence-corrected chi connectivity index (χ3v) is 5.82. The Kier molecular flexibility index (Phi) is 7.23. The Morgan fingerprint density at radius 3 is 2.62 bits per heavy atom. The summed E-state index contributed by atoms with van der Waals surface area (Å²) >= 11 is 5.34. The summed E-state index contributed by atoms with van der Waals surface area (Å²) in [6, 6.07) is 20.6. The SMILES string of the molecule is CCOc1ccc(C(=O)NC(=S)Nc2cccc(-c3nc4cc(C(C)CC)ccc4o3)c2)cc1. The minimum Gasteiger partial charge on any atom is -0.494 e. The number of ether oxygens (including phenoxy) is 1. The summed E-state index contributed by atoms with van der Waals surface area (Å²) < 4.78 is 11.4. The molecule has 0 aliphatic carbocycles. The minimum atomic E-state index is -0.298. The van der Waals surface area contributed by atoms with E-state index in [0.717, 1.165) is 28.8 Å². The van der Waals surface area contributed by atoms with Crippen molar-refractivity contribution in [1.82, 2.24) is 10.3 Å². The Bertz CT molecular complexity index is 1310. The predicted octanol–water partition coefficient (Wildman–Crippen LogP) is 6.53. The normalized spacial score (nSPS) is 11.7. The van der Waals surface area contributed by atoms with Crippen LogP contribution in [0.15, 0.2) is 71.1 Å². The molecule has 0 fully saturated rings. The summed E-state index contributed by atoms with van der Waals surface area (Å²) in [6.45, 7) is 6.86. The first-order valence-electron chi connectivity index (χ1n) is 11.3. The largest absolute Gasteiger partial charge is 0.494 e. The lowest BCUT2D eigenvalue weighted by Gasteiger charge is -2.10. The molecule has 0 radical (unpaired) electrons. The fourth-order valence-electron chi connectivity index (χ4n) is 3.55. The third kappa shape index (κ3) is 5.43. The van der Waals surface area contributed by atoms with Gasteiger partial charge in [-0.2, -0.15) is 0 Å². The van der Waals surface area contributed by atoms with E-state index >= 15 is 0 Å². The topological polar surface area (TPSA) is 76.4 Å². The van der Waals surface area contributed by atoms with Gasteiger partial charge in [-0.25, -0.2) is 4.98 Å². The lowest BCUT2D eigenvalue weighted by atomic mass is 9.98. The molecule has 1 heterocycles. The standard InChI is InChI=1S/C27H27N3O3S/c1-4-17(3)19-11-14-24-23(16-19)29-26(33-24)20-7-6-8-21(15-20)28-27(34)30-25(31)18-9-12-22(13-10-18)32-5-2/h6-17H,4-5H2,1-3H3,(H2,28,30,31,34). The van der Waals surface area contributed by atoms with E-state index in [2.05, 4.69) is 41.6 Å². The van der Waals surface area contributed by atoms with Gasteiger partial charge in [0, 0.05) is 16.8 Å². The summed E-state index contributed by atoms with van der Waals surface area (Å²) in [4.78, 5) is 17.2. The first-order chi connectivity index (χ1) is 16.5. The first kappa shape index (κ1) is 23.4. The van der Waals surface area contributed by atoms with Gasteiger partial charge in [0.2, 0.25) is 5.89 Å². The summed E-state index contributed by atoms with van der Waals surface area (Å²) in [5.74, 6) is 1.42. The molecule has 34 heavy (non-hydrogen) atoms. The quantitative estimate of drug-likeness (QED) is 0.297. The van der Waals surface area contributed by atoms with Gasteiger partial charge in [-0.15, -0.1) is 0 Å². The number of hydrogen-bond acceptors (Lipinski definition) is 5. The molecule has 0 spiro atoms. The molecular formula is C27H27N3O3S. The predicted molar refractivity (Wildman–Crippen MR) is 139 cm³/mol. The Hall–Kier alpha value is -3.71. The van der Waals surface area contributed by atoms with Crippen LogP contribution in [0.1, 0.15) is 49.0 Å². The summed E-state index contributed by atoms with van der Waals surface area (Å²) in [6.07, 6.45) is 1.07. The highest BCUT2D eigenvalue weighted by Gasteiger charge is 2.13. The molecule has 1 atom stereocenters. The molecule has 0 saturated heterocycles. The highest BCUT2D eigenvalue weighted by atomic mass is 32.1. The van der Waals surface area contributed by atoms with Crippen molar-refractivity contribution in [3.63, 3.8) is 0 Å². The van der Waals surface area contributed by atoms with Crippen molar-refractivity contribution in [1.29, 1.82) is 0 Å². The van der Waals surface area contributed by atoms with Crippen LogP contribution in [0.3, 0.4) is 0 Å². The maximum Gasteiger partial charge on any atom is 0.257 e. The molecule has 0 aliphatic rings. The molecular weight excluding hydrogens is 446 g/mol. The molecule has 4 aromatic rings. The van der Waals surface area contributed by atoms with Gasteiger partial charge >= 0.3 is 0 Å². The van der Waals surface area contributed by atoms with E-state index in [1.54, 1.807) is 24.3 Å². The average molecular weight is 474 g/mol. The smallest absolute Gasteiger partial charge is 0.257 e. The fourth-order valence-corrected chi connectivity index (χ4v) is 3.76. The number of fused-ring (bicyclic) bond motifs is 1. The molecule has 3 aromatic carbocycles. The van der Waals surface area contributed by atoms with E-state index in [-0.39, 0.29) is 11.0 Å². The highest BCUT2D eigenvalue weighted by Crippen LogP contribution is 2.29. The molecule has 1 unspecified atom stereocenters. The van der Waals surface area contributed by atoms with E-state index in [1.165, 1.54) is 5.56 Å². The zero-order chi connectivity index (χ0) is 24.1. The van der Waals surface area contributed by atoms with E-state index in [1.807, 2.05) is 37.3 Å². The van der Waals surface area contributed by atoms with Gasteiger partial charge in [0.15, 0.2) is 10.7 Å². The second-order valence-electron chi connectivity index (χ2n) is 8.00. The molecule has 0 bridgehead atoms. The number of carbonyl (C=O) groups excluding carboxylic acids is 1. The maximum absolute atomic E-state index is 12.5. The molecule has 174 valence electrons. The number of oxazole rings is 1. The number of rotatable bonds is 7. The van der Waals surface area contributed by atoms with Crippen molar-refractivity contribution < 1.29 is 13.9 Å². The van der Waals surface area contributed by atoms with E-state index in [4.69, 9.17) is 21.4 Å². The van der Waals surface area contributed by atoms with Gasteiger partial charge in [-0.05, 0) is 91.6 Å². The van der Waals surface area contributed by atoms with Gasteiger partial charge in [0.25, 0.3) is 5.91 Å². The van der Waals surface area contributed by atoms with Crippen LogP contribution in [-0.4, -0.2) is 22.6 Å². The van der Waals surface area contributed by atoms with Crippen LogP contribution < -0.4 is 15.4 Å². The number of amides is 1. The summed E-state index contributed by atoms with van der Waals surface area (Å²) in [7, 11) is 0. The molecule has 0 aliphatic heterocycles. The monoisotopic (exact) mass is 473 g/mol. The average Bonchev–Trinajstić information content (AvgIpc) is 3.28. The second-order valence-corrected chi connectivity index (χ2v) is 8.41. The van der Waals surface area contributed by atoms with Crippen LogP contribution in [0.5, 0.6) is 5.75 Å². The van der Waals surface area contributed by atoms with Gasteiger partial charge in [0.05, 0.1) is 6.61 Å². The molecule has 1 amide bonds. The number of hydrogen-bond donors (Lipinski definition) is 2. The number of benzene rings is 3. The number of thiocarbonyl (C=S) groups is 1. The van der Waals surface area contributed by atoms with Gasteiger partial charge in [-0.3, -0.25) is 10.1 Å². The highest BCUT2D eigenvalue weighted by molar-refractivity contribution is 7.80. The lowest BCUT2D eigenvalue weighted by Crippen LogP contribution is -2.34. The third-order valence-electron chi connectivity index (χ3n) is 5.61. The van der Waals surface area contributed by atoms with Crippen LogP contribution in [0, 0.1) is 0 Å². The van der Waals surface area contributed by atoms with Crippen LogP contribution in [-0.2, 0) is 0 Å². The number of nitrogens with zero attached hydrogens (tertiary/aromatic N) is 1. The Balaban J connectivity index is 1.45. The Labute approximate surface area is 204 Å². The molecule has 2 N–H and O–H groups in total. The molecule has 7 heteroatoms. The number of carbonyl (C=O) groups is 1. The first-order valence-corrected chi connectivity index (χ1v) is 11.7. The minimum absolute atomic E-state index is 0.201. The lowest BCUT2D eigenvalue weighted by molar-refractivity contribution is 0.0977. The van der Waals surface area contributed by atoms with Crippen LogP contribution >= 0.6 is 12.2 Å². The van der Waals surface area contributed by atoms with Crippen molar-refractivity contribution in [2.45, 2.75) is 33.1 Å². The molecule has 0 saturated carbocycles. The maximum atomic E-state index is 12.5. The van der Waals surface area contributed by atoms with Gasteiger partial charge in [0.1, 0.15) is 11.3 Å². The number of aromatic nitrogens is 1. The van der Waals surface area contributed by atoms with Crippen LogP contribution in [0.4, 0.5) is 5.69 Å². The van der Waals surface area contributed by atoms with E-state index in [0.29, 0.717) is 29.7 Å². The molecule has 6 nitrogen and oxygen atoms in total. The van der Waals surface area contributed by atoms with Crippen LogP contribution in [0.2, 0.25) is 0 Å². The van der Waals surface area contributed by atoms with Gasteiger partial charge in [-0.1, -0.05) is 26.0 Å².